The van der Waals surface area contributed by atoms with E-state index in [2.05, 4.69) is 10.6 Å². The van der Waals surface area contributed by atoms with E-state index >= 15 is 0 Å². The van der Waals surface area contributed by atoms with Crippen LogP contribution in [0.25, 0.3) is 0 Å². The van der Waals surface area contributed by atoms with Crippen molar-refractivity contribution in [2.75, 3.05) is 6.61 Å². The van der Waals surface area contributed by atoms with Gasteiger partial charge in [-0.05, 0) is 38.8 Å². The van der Waals surface area contributed by atoms with E-state index in [1.807, 2.05) is 13.8 Å². The number of nitrogens with one attached hydrogen (secondary N) is 2. The lowest BCUT2D eigenvalue weighted by molar-refractivity contribution is -0.124. The normalized spacial score (nSPS) is 15.2. The number of amides is 2. The van der Waals surface area contributed by atoms with Crippen LogP contribution < -0.4 is 10.6 Å². The lowest BCUT2D eigenvalue weighted by Gasteiger charge is -2.30. The highest BCUT2D eigenvalue weighted by Crippen LogP contribution is 2.13. The maximum atomic E-state index is 12.1. The second-order valence-corrected chi connectivity index (χ2v) is 5.05. The van der Waals surface area contributed by atoms with Gasteiger partial charge < -0.3 is 20.2 Å². The molecular formula is C14H22N2O4. The van der Waals surface area contributed by atoms with Crippen molar-refractivity contribution in [2.24, 2.45) is 0 Å². The molecule has 2 amide bonds. The zero-order valence-corrected chi connectivity index (χ0v) is 12.1. The number of hydrogen-bond donors (Lipinski definition) is 3. The quantitative estimate of drug-likeness (QED) is 0.697. The minimum atomic E-state index is -0.683. The van der Waals surface area contributed by atoms with Gasteiger partial charge in [-0.15, -0.1) is 0 Å². The van der Waals surface area contributed by atoms with E-state index in [0.717, 1.165) is 0 Å². The van der Waals surface area contributed by atoms with Crippen LogP contribution in [0.4, 0.5) is 0 Å². The maximum absolute atomic E-state index is 12.1. The van der Waals surface area contributed by atoms with Crippen LogP contribution in [0.1, 0.15) is 44.2 Å². The summed E-state index contributed by atoms with van der Waals surface area (Å²) in [5, 5.41) is 14.4. The Hall–Kier alpha value is -1.82. The Balaban J connectivity index is 2.56. The van der Waals surface area contributed by atoms with Crippen molar-refractivity contribution in [3.05, 3.63) is 24.2 Å². The van der Waals surface area contributed by atoms with Crippen molar-refractivity contribution < 1.29 is 19.1 Å². The van der Waals surface area contributed by atoms with Crippen LogP contribution in [-0.2, 0) is 4.79 Å². The molecule has 0 bridgehead atoms. The molecular weight excluding hydrogens is 260 g/mol. The van der Waals surface area contributed by atoms with Gasteiger partial charge in [-0.3, -0.25) is 9.59 Å². The molecule has 0 aromatic carbocycles. The first kappa shape index (κ1) is 16.2. The topological polar surface area (TPSA) is 91.6 Å². The Bertz CT molecular complexity index is 444. The predicted octanol–water partition coefficient (Wildman–Crippen LogP) is 1.07. The molecule has 20 heavy (non-hydrogen) atoms. The summed E-state index contributed by atoms with van der Waals surface area (Å²) in [7, 11) is 0. The van der Waals surface area contributed by atoms with E-state index in [4.69, 9.17) is 9.52 Å². The third-order valence-corrected chi connectivity index (χ3v) is 3.35. The van der Waals surface area contributed by atoms with E-state index in [9.17, 15) is 9.59 Å². The van der Waals surface area contributed by atoms with Gasteiger partial charge in [0.15, 0.2) is 5.76 Å². The van der Waals surface area contributed by atoms with Gasteiger partial charge in [-0.2, -0.15) is 0 Å². The Labute approximate surface area is 118 Å². The standard InChI is InChI=1S/C14H22N2O4/c1-4-14(3,7-8-17)16-12(18)10(2)15-13(19)11-6-5-9-20-11/h5-6,9-10,17H,4,7-8H2,1-3H3,(H,15,19)(H,16,18). The van der Waals surface area contributed by atoms with Gasteiger partial charge in [0.05, 0.1) is 6.26 Å². The molecule has 0 saturated heterocycles. The number of rotatable bonds is 7. The highest BCUT2D eigenvalue weighted by Gasteiger charge is 2.27. The number of aliphatic hydroxyl groups is 1. The van der Waals surface area contributed by atoms with Crippen LogP contribution >= 0.6 is 0 Å². The maximum Gasteiger partial charge on any atom is 0.287 e. The van der Waals surface area contributed by atoms with Crippen molar-refractivity contribution in [1.82, 2.24) is 10.6 Å². The molecule has 0 fully saturated rings. The van der Waals surface area contributed by atoms with Crippen molar-refractivity contribution in [3.8, 4) is 0 Å². The summed E-state index contributed by atoms with van der Waals surface area (Å²) in [5.41, 5.74) is -0.477. The summed E-state index contributed by atoms with van der Waals surface area (Å²) in [5.74, 6) is -0.557. The van der Waals surface area contributed by atoms with Crippen LogP contribution in [0.2, 0.25) is 0 Å². The van der Waals surface area contributed by atoms with Crippen LogP contribution in [0.5, 0.6) is 0 Å². The molecule has 0 radical (unpaired) electrons. The van der Waals surface area contributed by atoms with E-state index in [1.165, 1.54) is 12.3 Å². The van der Waals surface area contributed by atoms with Gasteiger partial charge in [0, 0.05) is 12.1 Å². The molecule has 1 aromatic heterocycles. The average Bonchev–Trinajstić information content (AvgIpc) is 2.92. The third kappa shape index (κ3) is 4.38. The summed E-state index contributed by atoms with van der Waals surface area (Å²) in [6.07, 6.45) is 2.56. The number of hydrogen-bond acceptors (Lipinski definition) is 4. The number of carbonyl (C=O) groups excluding carboxylic acids is 2. The third-order valence-electron chi connectivity index (χ3n) is 3.35. The average molecular weight is 282 g/mol. The lowest BCUT2D eigenvalue weighted by atomic mass is 9.94. The molecule has 1 aromatic rings. The molecule has 0 aliphatic rings. The Kier molecular flexibility index (Phi) is 5.76. The first-order valence-corrected chi connectivity index (χ1v) is 6.69. The molecule has 0 aliphatic carbocycles. The summed E-state index contributed by atoms with van der Waals surface area (Å²) in [4.78, 5) is 23.8. The second kappa shape index (κ2) is 7.09. The molecule has 6 heteroatoms. The Morgan fingerprint density at radius 3 is 2.70 bits per heavy atom. The van der Waals surface area contributed by atoms with Crippen LogP contribution in [0.15, 0.2) is 22.8 Å². The fourth-order valence-corrected chi connectivity index (χ4v) is 1.72. The molecule has 1 heterocycles. The fraction of sp³-hybridized carbons (Fsp3) is 0.571. The van der Waals surface area contributed by atoms with Crippen LogP contribution in [0, 0.1) is 0 Å². The van der Waals surface area contributed by atoms with E-state index in [0.29, 0.717) is 12.8 Å². The van der Waals surface area contributed by atoms with Crippen LogP contribution in [0.3, 0.4) is 0 Å². The molecule has 1 rings (SSSR count). The first-order valence-electron chi connectivity index (χ1n) is 6.69. The van der Waals surface area contributed by atoms with Gasteiger partial charge in [0.1, 0.15) is 6.04 Å². The number of aliphatic hydroxyl groups excluding tert-OH is 1. The molecule has 3 N–H and O–H groups in total. The lowest BCUT2D eigenvalue weighted by Crippen LogP contribution is -2.53. The zero-order chi connectivity index (χ0) is 15.2. The number of carbonyl (C=O) groups is 2. The fourth-order valence-electron chi connectivity index (χ4n) is 1.72. The monoisotopic (exact) mass is 282 g/mol. The molecule has 2 atom stereocenters. The smallest absolute Gasteiger partial charge is 0.287 e. The molecule has 0 spiro atoms. The molecule has 0 saturated carbocycles. The van der Waals surface area contributed by atoms with Gasteiger partial charge >= 0.3 is 0 Å². The molecule has 112 valence electrons. The van der Waals surface area contributed by atoms with Crippen molar-refractivity contribution >= 4 is 11.8 Å². The summed E-state index contributed by atoms with van der Waals surface area (Å²) in [6.45, 7) is 5.40. The largest absolute Gasteiger partial charge is 0.459 e. The summed E-state index contributed by atoms with van der Waals surface area (Å²) in [6, 6.07) is 2.45. The van der Waals surface area contributed by atoms with Crippen LogP contribution in [-0.4, -0.2) is 35.1 Å². The van der Waals surface area contributed by atoms with Gasteiger partial charge in [-0.25, -0.2) is 0 Å². The van der Waals surface area contributed by atoms with E-state index in [-0.39, 0.29) is 18.3 Å². The minimum Gasteiger partial charge on any atom is -0.459 e. The van der Waals surface area contributed by atoms with E-state index in [1.54, 1.807) is 13.0 Å². The molecule has 6 nitrogen and oxygen atoms in total. The molecule has 2 unspecified atom stereocenters. The Morgan fingerprint density at radius 2 is 2.20 bits per heavy atom. The van der Waals surface area contributed by atoms with Crippen molar-refractivity contribution in [1.29, 1.82) is 0 Å². The first-order chi connectivity index (χ1) is 9.41. The van der Waals surface area contributed by atoms with Gasteiger partial charge in [-0.1, -0.05) is 6.92 Å². The SMILES string of the molecule is CCC(C)(CCO)NC(=O)C(C)NC(=O)c1ccco1. The highest BCUT2D eigenvalue weighted by molar-refractivity contribution is 5.95. The zero-order valence-electron chi connectivity index (χ0n) is 12.1. The van der Waals surface area contributed by atoms with E-state index < -0.39 is 17.5 Å². The summed E-state index contributed by atoms with van der Waals surface area (Å²) < 4.78 is 4.96. The highest BCUT2D eigenvalue weighted by atomic mass is 16.3. The Morgan fingerprint density at radius 1 is 1.50 bits per heavy atom. The van der Waals surface area contributed by atoms with Crippen molar-refractivity contribution in [2.45, 2.75) is 45.2 Å². The van der Waals surface area contributed by atoms with Crippen molar-refractivity contribution in [3.63, 3.8) is 0 Å². The van der Waals surface area contributed by atoms with Gasteiger partial charge in [0.2, 0.25) is 5.91 Å². The van der Waals surface area contributed by atoms with Gasteiger partial charge in [0.25, 0.3) is 5.91 Å². The molecule has 0 aliphatic heterocycles. The number of furan rings is 1. The second-order valence-electron chi connectivity index (χ2n) is 5.05. The summed E-state index contributed by atoms with van der Waals surface area (Å²) >= 11 is 0. The minimum absolute atomic E-state index is 0.00223. The predicted molar refractivity (Wildman–Crippen MR) is 74.2 cm³/mol.